The summed E-state index contributed by atoms with van der Waals surface area (Å²) in [7, 11) is 0. The number of carbonyl (C=O) groups excluding carboxylic acids is 1. The summed E-state index contributed by atoms with van der Waals surface area (Å²) < 4.78 is 18.8. The molecule has 0 aliphatic rings. The van der Waals surface area contributed by atoms with E-state index >= 15 is 0 Å². The van der Waals surface area contributed by atoms with Crippen LogP contribution in [0.4, 0.5) is 4.39 Å². The Morgan fingerprint density at radius 1 is 1.24 bits per heavy atom. The van der Waals surface area contributed by atoms with Crippen molar-refractivity contribution < 1.29 is 13.6 Å². The molecule has 0 atom stereocenters. The van der Waals surface area contributed by atoms with Crippen LogP contribution in [0.5, 0.6) is 0 Å². The predicted octanol–water partition coefficient (Wildman–Crippen LogP) is 4.96. The summed E-state index contributed by atoms with van der Waals surface area (Å²) in [6, 6.07) is 11.4. The van der Waals surface area contributed by atoms with Gasteiger partial charge in [0.05, 0.1) is 0 Å². The van der Waals surface area contributed by atoms with Crippen molar-refractivity contribution >= 4 is 28.4 Å². The first-order valence-corrected chi connectivity index (χ1v) is 6.88. The summed E-state index contributed by atoms with van der Waals surface area (Å²) >= 11 is 5.91. The first-order valence-electron chi connectivity index (χ1n) is 6.51. The van der Waals surface area contributed by atoms with Gasteiger partial charge in [0.1, 0.15) is 11.4 Å². The number of aryl methyl sites for hydroxylation is 1. The van der Waals surface area contributed by atoms with E-state index in [1.54, 1.807) is 25.1 Å². The highest BCUT2D eigenvalue weighted by molar-refractivity contribution is 6.30. The maximum Gasteiger partial charge on any atom is 0.202 e. The van der Waals surface area contributed by atoms with Crippen LogP contribution in [0.25, 0.3) is 11.0 Å². The molecule has 0 spiro atoms. The number of Topliss-reactive ketones (excluding diaryl/α,β-unsaturated/α-hetero) is 1. The van der Waals surface area contributed by atoms with Crippen molar-refractivity contribution in [3.05, 3.63) is 70.2 Å². The Balaban J connectivity index is 1.96. The van der Waals surface area contributed by atoms with Crippen LogP contribution in [-0.2, 0) is 6.42 Å². The van der Waals surface area contributed by atoms with Gasteiger partial charge in [-0.25, -0.2) is 4.39 Å². The molecular formula is C17H12ClFO2. The Bertz CT molecular complexity index is 836. The van der Waals surface area contributed by atoms with Crippen LogP contribution in [0.1, 0.15) is 21.7 Å². The van der Waals surface area contributed by atoms with Gasteiger partial charge in [-0.3, -0.25) is 4.79 Å². The van der Waals surface area contributed by atoms with Crippen LogP contribution in [-0.4, -0.2) is 5.78 Å². The lowest BCUT2D eigenvalue weighted by molar-refractivity contribution is 0.0967. The summed E-state index contributed by atoms with van der Waals surface area (Å²) in [6.07, 6.45) is 0.198. The van der Waals surface area contributed by atoms with Gasteiger partial charge in [-0.15, -0.1) is 0 Å². The quantitative estimate of drug-likeness (QED) is 0.640. The maximum atomic E-state index is 13.3. The minimum atomic E-state index is -0.347. The zero-order valence-electron chi connectivity index (χ0n) is 11.3. The van der Waals surface area contributed by atoms with Gasteiger partial charge in [-0.05, 0) is 42.8 Å². The van der Waals surface area contributed by atoms with Crippen molar-refractivity contribution in [1.82, 2.24) is 0 Å². The minimum Gasteiger partial charge on any atom is -0.453 e. The Labute approximate surface area is 126 Å². The third kappa shape index (κ3) is 2.69. The lowest BCUT2D eigenvalue weighted by Crippen LogP contribution is -2.03. The first kappa shape index (κ1) is 13.8. The number of rotatable bonds is 3. The number of ketones is 1. The highest BCUT2D eigenvalue weighted by Crippen LogP contribution is 2.27. The zero-order valence-corrected chi connectivity index (χ0v) is 12.1. The fourth-order valence-electron chi connectivity index (χ4n) is 2.37. The standard InChI is InChI=1S/C17H12ClFO2/c1-10-14-9-13(19)5-6-16(14)21-17(10)15(20)8-11-3-2-4-12(18)7-11/h2-7,9H,8H2,1H3. The van der Waals surface area contributed by atoms with E-state index in [2.05, 4.69) is 0 Å². The smallest absolute Gasteiger partial charge is 0.202 e. The summed E-state index contributed by atoms with van der Waals surface area (Å²) in [5.41, 5.74) is 2.00. The fraction of sp³-hybridized carbons (Fsp3) is 0.118. The van der Waals surface area contributed by atoms with Crippen molar-refractivity contribution in [2.45, 2.75) is 13.3 Å². The van der Waals surface area contributed by atoms with Crippen LogP contribution in [0.3, 0.4) is 0 Å². The van der Waals surface area contributed by atoms with Crippen molar-refractivity contribution in [2.75, 3.05) is 0 Å². The van der Waals surface area contributed by atoms with Crippen molar-refractivity contribution in [2.24, 2.45) is 0 Å². The average Bonchev–Trinajstić information content (AvgIpc) is 2.76. The topological polar surface area (TPSA) is 30.2 Å². The van der Waals surface area contributed by atoms with Crippen LogP contribution >= 0.6 is 11.6 Å². The van der Waals surface area contributed by atoms with Crippen LogP contribution < -0.4 is 0 Å². The molecule has 0 N–H and O–H groups in total. The molecule has 3 aromatic rings. The van der Waals surface area contributed by atoms with Gasteiger partial charge in [0.2, 0.25) is 5.78 Å². The van der Waals surface area contributed by atoms with Crippen LogP contribution in [0.2, 0.25) is 5.02 Å². The van der Waals surface area contributed by atoms with Gasteiger partial charge < -0.3 is 4.42 Å². The van der Waals surface area contributed by atoms with Gasteiger partial charge in [-0.1, -0.05) is 23.7 Å². The molecule has 0 saturated carbocycles. The second kappa shape index (κ2) is 5.34. The van der Waals surface area contributed by atoms with E-state index < -0.39 is 0 Å². The minimum absolute atomic E-state index is 0.147. The molecule has 2 aromatic carbocycles. The molecule has 0 aliphatic heterocycles. The Morgan fingerprint density at radius 2 is 2.05 bits per heavy atom. The monoisotopic (exact) mass is 302 g/mol. The largest absolute Gasteiger partial charge is 0.453 e. The second-order valence-electron chi connectivity index (χ2n) is 4.93. The first-order chi connectivity index (χ1) is 10.0. The van der Waals surface area contributed by atoms with Crippen molar-refractivity contribution in [3.63, 3.8) is 0 Å². The van der Waals surface area contributed by atoms with Crippen LogP contribution in [0.15, 0.2) is 46.9 Å². The molecule has 0 radical (unpaired) electrons. The number of furan rings is 1. The molecule has 1 aromatic heterocycles. The normalized spacial score (nSPS) is 11.0. The van der Waals surface area contributed by atoms with E-state index in [4.69, 9.17) is 16.0 Å². The molecule has 0 saturated heterocycles. The summed E-state index contributed by atoms with van der Waals surface area (Å²) in [5.74, 6) is -0.220. The number of carbonyl (C=O) groups is 1. The Hall–Kier alpha value is -2.13. The molecule has 0 unspecified atom stereocenters. The Morgan fingerprint density at radius 3 is 2.81 bits per heavy atom. The van der Waals surface area contributed by atoms with E-state index in [9.17, 15) is 9.18 Å². The number of hydrogen-bond donors (Lipinski definition) is 0. The SMILES string of the molecule is Cc1c(C(=O)Cc2cccc(Cl)c2)oc2ccc(F)cc12. The molecule has 4 heteroatoms. The summed E-state index contributed by atoms with van der Waals surface area (Å²) in [4.78, 5) is 12.4. The van der Waals surface area contributed by atoms with E-state index in [-0.39, 0.29) is 23.8 Å². The molecule has 21 heavy (non-hydrogen) atoms. The van der Waals surface area contributed by atoms with Crippen molar-refractivity contribution in [1.29, 1.82) is 0 Å². The predicted molar refractivity (Wildman–Crippen MR) is 80.4 cm³/mol. The van der Waals surface area contributed by atoms with Gasteiger partial charge in [0.25, 0.3) is 0 Å². The number of halogens is 2. The molecule has 0 amide bonds. The molecule has 0 fully saturated rings. The summed E-state index contributed by atoms with van der Waals surface area (Å²) in [5, 5.41) is 1.22. The highest BCUT2D eigenvalue weighted by atomic mass is 35.5. The van der Waals surface area contributed by atoms with Crippen LogP contribution in [0, 0.1) is 12.7 Å². The number of benzene rings is 2. The maximum absolute atomic E-state index is 13.3. The van der Waals surface area contributed by atoms with Gasteiger partial charge >= 0.3 is 0 Å². The number of fused-ring (bicyclic) bond motifs is 1. The molecule has 3 rings (SSSR count). The second-order valence-corrected chi connectivity index (χ2v) is 5.36. The van der Waals surface area contributed by atoms with E-state index in [0.29, 0.717) is 21.6 Å². The molecule has 0 aliphatic carbocycles. The number of hydrogen-bond acceptors (Lipinski definition) is 2. The highest BCUT2D eigenvalue weighted by Gasteiger charge is 2.18. The molecular weight excluding hydrogens is 291 g/mol. The fourth-order valence-corrected chi connectivity index (χ4v) is 2.58. The lowest BCUT2D eigenvalue weighted by Gasteiger charge is -2.00. The van der Waals surface area contributed by atoms with E-state index in [1.807, 2.05) is 6.07 Å². The molecule has 106 valence electrons. The molecule has 0 bridgehead atoms. The Kier molecular flexibility index (Phi) is 3.52. The third-order valence-corrected chi connectivity index (χ3v) is 3.64. The molecule has 1 heterocycles. The van der Waals surface area contributed by atoms with E-state index in [0.717, 1.165) is 5.56 Å². The zero-order chi connectivity index (χ0) is 15.0. The van der Waals surface area contributed by atoms with Gasteiger partial charge in [-0.2, -0.15) is 0 Å². The summed E-state index contributed by atoms with van der Waals surface area (Å²) in [6.45, 7) is 1.76. The third-order valence-electron chi connectivity index (χ3n) is 3.41. The molecule has 2 nitrogen and oxygen atoms in total. The van der Waals surface area contributed by atoms with Crippen molar-refractivity contribution in [3.8, 4) is 0 Å². The van der Waals surface area contributed by atoms with E-state index in [1.165, 1.54) is 18.2 Å². The van der Waals surface area contributed by atoms with Gasteiger partial charge in [0, 0.05) is 22.4 Å². The van der Waals surface area contributed by atoms with Gasteiger partial charge in [0.15, 0.2) is 5.76 Å². The average molecular weight is 303 g/mol. The lowest BCUT2D eigenvalue weighted by atomic mass is 10.0.